The molecule has 1 saturated heterocycles. The Bertz CT molecular complexity index is 772. The summed E-state index contributed by atoms with van der Waals surface area (Å²) >= 11 is 0. The Labute approximate surface area is 140 Å². The summed E-state index contributed by atoms with van der Waals surface area (Å²) in [6.07, 6.45) is 0.383. The van der Waals surface area contributed by atoms with E-state index in [0.29, 0.717) is 17.7 Å². The maximum absolute atomic E-state index is 12.2. The van der Waals surface area contributed by atoms with E-state index >= 15 is 0 Å². The monoisotopic (exact) mass is 352 g/mol. The third-order valence-corrected chi connectivity index (χ3v) is 5.61. The molecule has 0 radical (unpaired) electrons. The van der Waals surface area contributed by atoms with E-state index in [4.69, 9.17) is 0 Å². The second kappa shape index (κ2) is 7.12. The fourth-order valence-electron chi connectivity index (χ4n) is 2.60. The van der Waals surface area contributed by atoms with Crippen molar-refractivity contribution in [3.05, 3.63) is 29.8 Å². The van der Waals surface area contributed by atoms with E-state index < -0.39 is 21.8 Å². The van der Waals surface area contributed by atoms with Gasteiger partial charge in [0.25, 0.3) is 0 Å². The van der Waals surface area contributed by atoms with E-state index in [1.165, 1.54) is 18.7 Å². The first-order chi connectivity index (χ1) is 11.2. The van der Waals surface area contributed by atoms with Crippen LogP contribution in [0.15, 0.2) is 24.3 Å². The molecule has 130 valence electrons. The molecular weight excluding hydrogens is 332 g/mol. The number of hydrogen-bond donors (Lipinski definition) is 1. The van der Waals surface area contributed by atoms with Crippen LogP contribution in [0.4, 0.5) is 5.69 Å². The molecular formula is C16H20N2O5S. The SMILES string of the molecule is CC(=O)c1cccc(N(CC(=O)NC2CCS(=O)(=O)C2)C(C)=O)c1. The molecule has 0 bridgehead atoms. The second-order valence-corrected chi connectivity index (χ2v) is 8.11. The highest BCUT2D eigenvalue weighted by molar-refractivity contribution is 7.91. The summed E-state index contributed by atoms with van der Waals surface area (Å²) in [5, 5.41) is 2.65. The van der Waals surface area contributed by atoms with Gasteiger partial charge < -0.3 is 10.2 Å². The summed E-state index contributed by atoms with van der Waals surface area (Å²) in [6, 6.07) is 6.05. The van der Waals surface area contributed by atoms with Crippen LogP contribution in [0.25, 0.3) is 0 Å². The zero-order valence-corrected chi connectivity index (χ0v) is 14.4. The molecule has 1 heterocycles. The molecule has 1 fully saturated rings. The fraction of sp³-hybridized carbons (Fsp3) is 0.438. The number of carbonyl (C=O) groups is 3. The predicted molar refractivity (Wildman–Crippen MR) is 89.7 cm³/mol. The number of ketones is 1. The molecule has 1 atom stereocenters. The number of amides is 2. The number of nitrogens with zero attached hydrogens (tertiary/aromatic N) is 1. The van der Waals surface area contributed by atoms with Crippen molar-refractivity contribution in [2.24, 2.45) is 0 Å². The van der Waals surface area contributed by atoms with Crippen LogP contribution in [-0.4, -0.2) is 50.1 Å². The molecule has 8 heteroatoms. The van der Waals surface area contributed by atoms with E-state index in [1.54, 1.807) is 24.3 Å². The van der Waals surface area contributed by atoms with Crippen LogP contribution in [0.3, 0.4) is 0 Å². The minimum atomic E-state index is -3.09. The first-order valence-electron chi connectivity index (χ1n) is 7.57. The van der Waals surface area contributed by atoms with E-state index in [-0.39, 0.29) is 29.7 Å². The molecule has 7 nitrogen and oxygen atoms in total. The fourth-order valence-corrected chi connectivity index (χ4v) is 4.28. The van der Waals surface area contributed by atoms with Crippen molar-refractivity contribution in [3.8, 4) is 0 Å². The van der Waals surface area contributed by atoms with Gasteiger partial charge in [-0.15, -0.1) is 0 Å². The van der Waals surface area contributed by atoms with Crippen molar-refractivity contribution in [1.82, 2.24) is 5.32 Å². The van der Waals surface area contributed by atoms with Crippen molar-refractivity contribution in [2.75, 3.05) is 23.0 Å². The molecule has 2 rings (SSSR count). The van der Waals surface area contributed by atoms with Crippen molar-refractivity contribution >= 4 is 33.1 Å². The molecule has 0 saturated carbocycles. The number of nitrogens with one attached hydrogen (secondary N) is 1. The van der Waals surface area contributed by atoms with Crippen LogP contribution in [0.2, 0.25) is 0 Å². The van der Waals surface area contributed by atoms with Gasteiger partial charge in [0.2, 0.25) is 11.8 Å². The zero-order valence-electron chi connectivity index (χ0n) is 13.6. The lowest BCUT2D eigenvalue weighted by atomic mass is 10.1. The van der Waals surface area contributed by atoms with Crippen molar-refractivity contribution < 1.29 is 22.8 Å². The standard InChI is InChI=1S/C16H20N2O5S/c1-11(19)13-4-3-5-15(8-13)18(12(2)20)9-16(21)17-14-6-7-24(22,23)10-14/h3-5,8,14H,6-7,9-10H2,1-2H3,(H,17,21). The van der Waals surface area contributed by atoms with Gasteiger partial charge in [-0.05, 0) is 25.5 Å². The normalized spacial score (nSPS) is 18.8. The number of anilines is 1. The van der Waals surface area contributed by atoms with Gasteiger partial charge in [-0.2, -0.15) is 0 Å². The van der Waals surface area contributed by atoms with Crippen LogP contribution >= 0.6 is 0 Å². The van der Waals surface area contributed by atoms with Crippen LogP contribution in [0.1, 0.15) is 30.6 Å². The molecule has 0 aromatic heterocycles. The van der Waals surface area contributed by atoms with E-state index in [2.05, 4.69) is 5.32 Å². The molecule has 24 heavy (non-hydrogen) atoms. The average molecular weight is 352 g/mol. The van der Waals surface area contributed by atoms with Crippen LogP contribution in [-0.2, 0) is 19.4 Å². The number of sulfone groups is 1. The molecule has 1 unspecified atom stereocenters. The Morgan fingerprint density at radius 1 is 1.25 bits per heavy atom. The van der Waals surface area contributed by atoms with Gasteiger partial charge in [-0.3, -0.25) is 14.4 Å². The molecule has 1 aliphatic rings. The van der Waals surface area contributed by atoms with Gasteiger partial charge in [0, 0.05) is 24.2 Å². The molecule has 1 aromatic carbocycles. The van der Waals surface area contributed by atoms with Gasteiger partial charge in [-0.1, -0.05) is 12.1 Å². The van der Waals surface area contributed by atoms with Crippen LogP contribution in [0.5, 0.6) is 0 Å². The Morgan fingerprint density at radius 2 is 1.96 bits per heavy atom. The Balaban J connectivity index is 2.09. The number of carbonyl (C=O) groups excluding carboxylic acids is 3. The van der Waals surface area contributed by atoms with Crippen LogP contribution < -0.4 is 10.2 Å². The Morgan fingerprint density at radius 3 is 2.50 bits per heavy atom. The lowest BCUT2D eigenvalue weighted by Crippen LogP contribution is -2.44. The van der Waals surface area contributed by atoms with E-state index in [0.717, 1.165) is 0 Å². The first-order valence-corrected chi connectivity index (χ1v) is 9.39. The molecule has 0 aliphatic carbocycles. The van der Waals surface area contributed by atoms with E-state index in [9.17, 15) is 22.8 Å². The van der Waals surface area contributed by atoms with Crippen molar-refractivity contribution in [3.63, 3.8) is 0 Å². The van der Waals surface area contributed by atoms with Crippen LogP contribution in [0, 0.1) is 0 Å². The highest BCUT2D eigenvalue weighted by atomic mass is 32.2. The molecule has 2 amide bonds. The number of Topliss-reactive ketones (excluding diaryl/α,β-unsaturated/α-hetero) is 1. The van der Waals surface area contributed by atoms with Gasteiger partial charge in [0.05, 0.1) is 11.5 Å². The number of rotatable bonds is 5. The molecule has 1 aliphatic heterocycles. The van der Waals surface area contributed by atoms with E-state index in [1.807, 2.05) is 0 Å². The predicted octanol–water partition coefficient (Wildman–Crippen LogP) is 0.545. The van der Waals surface area contributed by atoms with Gasteiger partial charge >= 0.3 is 0 Å². The minimum absolute atomic E-state index is 0.0645. The molecule has 0 spiro atoms. The number of benzene rings is 1. The topological polar surface area (TPSA) is 101 Å². The summed E-state index contributed by atoms with van der Waals surface area (Å²) in [4.78, 5) is 36.7. The maximum Gasteiger partial charge on any atom is 0.240 e. The second-order valence-electron chi connectivity index (χ2n) is 5.88. The first kappa shape index (κ1) is 18.1. The highest BCUT2D eigenvalue weighted by Gasteiger charge is 2.29. The lowest BCUT2D eigenvalue weighted by Gasteiger charge is -2.22. The van der Waals surface area contributed by atoms with Crippen molar-refractivity contribution in [2.45, 2.75) is 26.3 Å². The zero-order chi connectivity index (χ0) is 17.9. The molecule has 1 N–H and O–H groups in total. The smallest absolute Gasteiger partial charge is 0.240 e. The maximum atomic E-state index is 12.2. The summed E-state index contributed by atoms with van der Waals surface area (Å²) < 4.78 is 22.9. The third-order valence-electron chi connectivity index (χ3n) is 3.84. The summed E-state index contributed by atoms with van der Waals surface area (Å²) in [7, 11) is -3.09. The Kier molecular flexibility index (Phi) is 5.38. The highest BCUT2D eigenvalue weighted by Crippen LogP contribution is 2.17. The third kappa shape index (κ3) is 4.64. The van der Waals surface area contributed by atoms with Crippen molar-refractivity contribution in [1.29, 1.82) is 0 Å². The summed E-state index contributed by atoms with van der Waals surface area (Å²) in [5.41, 5.74) is 0.894. The van der Waals surface area contributed by atoms with Gasteiger partial charge in [-0.25, -0.2) is 8.42 Å². The lowest BCUT2D eigenvalue weighted by molar-refractivity contribution is -0.123. The quantitative estimate of drug-likeness (QED) is 0.780. The van der Waals surface area contributed by atoms with Gasteiger partial charge in [0.1, 0.15) is 6.54 Å². The van der Waals surface area contributed by atoms with Gasteiger partial charge in [0.15, 0.2) is 15.6 Å². The minimum Gasteiger partial charge on any atom is -0.351 e. The summed E-state index contributed by atoms with van der Waals surface area (Å²) in [5.74, 6) is -0.917. The largest absolute Gasteiger partial charge is 0.351 e. The average Bonchev–Trinajstić information content (AvgIpc) is 2.83. The molecule has 1 aromatic rings. The number of hydrogen-bond acceptors (Lipinski definition) is 5. The Hall–Kier alpha value is -2.22. The summed E-state index contributed by atoms with van der Waals surface area (Å²) in [6.45, 7) is 2.52.